The average molecular weight is 1120 g/mol. The Labute approximate surface area is 492 Å². The molecule has 4 aliphatic heterocycles. The quantitative estimate of drug-likeness (QED) is 0.158. The molecule has 4 aliphatic rings. The Kier molecular flexibility index (Phi) is 9.47. The van der Waals surface area contributed by atoms with Crippen LogP contribution < -0.4 is 51.7 Å². The molecule has 0 bridgehead atoms. The molecular formula is C73H40B2N4O6S. The summed E-state index contributed by atoms with van der Waals surface area (Å²) in [5.41, 5.74) is 15.1. The third-order valence-corrected chi connectivity index (χ3v) is 19.9. The number of nitrogens with zero attached hydrogens (tertiary/aromatic N) is 4. The Bertz CT molecular complexity index is 5300. The van der Waals surface area contributed by atoms with E-state index in [4.69, 9.17) is 18.9 Å². The molecule has 15 aromatic rings. The molecule has 86 heavy (non-hydrogen) atoms. The molecule has 12 aromatic carbocycles. The van der Waals surface area contributed by atoms with Crippen molar-refractivity contribution in [2.75, 3.05) is 0 Å². The predicted molar refractivity (Wildman–Crippen MR) is 341 cm³/mol. The van der Waals surface area contributed by atoms with Gasteiger partial charge in [0.25, 0.3) is 13.4 Å². The van der Waals surface area contributed by atoms with Crippen molar-refractivity contribution < 1.29 is 27.4 Å². The summed E-state index contributed by atoms with van der Waals surface area (Å²) in [6, 6.07) is 83.2. The highest BCUT2D eigenvalue weighted by Crippen LogP contribution is 2.46. The molecule has 19 rings (SSSR count). The topological polar surface area (TPSA) is 110 Å². The largest absolute Gasteiger partial charge is 0.458 e. The Morgan fingerprint density at radius 3 is 1.02 bits per heavy atom. The number of hydrogen-bond donors (Lipinski definition) is 0. The van der Waals surface area contributed by atoms with E-state index in [1.807, 2.05) is 60.7 Å². The summed E-state index contributed by atoms with van der Waals surface area (Å²) >= 11 is 0. The molecule has 10 nitrogen and oxygen atoms in total. The van der Waals surface area contributed by atoms with Crippen molar-refractivity contribution in [1.29, 1.82) is 5.26 Å². The van der Waals surface area contributed by atoms with E-state index in [-0.39, 0.29) is 23.2 Å². The molecule has 0 aliphatic carbocycles. The second-order valence-electron chi connectivity index (χ2n) is 22.6. The fourth-order valence-electron chi connectivity index (χ4n) is 14.4. The Hall–Kier alpha value is -11.2. The minimum absolute atomic E-state index is 0.0726. The lowest BCUT2D eigenvalue weighted by Gasteiger charge is -2.33. The number of aromatic nitrogens is 3. The van der Waals surface area contributed by atoms with Crippen LogP contribution in [-0.2, 0) is 9.84 Å². The van der Waals surface area contributed by atoms with Gasteiger partial charge in [-0.3, -0.25) is 0 Å². The first kappa shape index (κ1) is 47.3. The maximum atomic E-state index is 14.3. The zero-order valence-electron chi connectivity index (χ0n) is 45.4. The second-order valence-corrected chi connectivity index (χ2v) is 24.5. The van der Waals surface area contributed by atoms with Crippen LogP contribution in [0.4, 0.5) is 0 Å². The van der Waals surface area contributed by atoms with Crippen molar-refractivity contribution in [3.05, 3.63) is 248 Å². The highest BCUT2D eigenvalue weighted by molar-refractivity contribution is 7.91. The highest BCUT2D eigenvalue weighted by Gasteiger charge is 2.42. The summed E-state index contributed by atoms with van der Waals surface area (Å²) in [4.78, 5) is 0.247. The van der Waals surface area contributed by atoms with Gasteiger partial charge < -0.3 is 32.6 Å². The summed E-state index contributed by atoms with van der Waals surface area (Å²) in [5.74, 6) is 6.22. The van der Waals surface area contributed by atoms with E-state index >= 15 is 0 Å². The monoisotopic (exact) mass is 1120 g/mol. The lowest BCUT2D eigenvalue weighted by Crippen LogP contribution is -2.57. The third-order valence-electron chi connectivity index (χ3n) is 18.1. The van der Waals surface area contributed by atoms with E-state index < -0.39 is 9.84 Å². The van der Waals surface area contributed by atoms with Gasteiger partial charge in [0.15, 0.2) is 0 Å². The number of para-hydroxylation sites is 6. The average Bonchev–Trinajstić information content (AvgIpc) is 1.45. The van der Waals surface area contributed by atoms with Crippen LogP contribution in [0.15, 0.2) is 252 Å². The minimum atomic E-state index is -3.95. The smallest absolute Gasteiger partial charge is 0.260 e. The Morgan fingerprint density at radius 1 is 0.314 bits per heavy atom. The molecule has 13 heteroatoms. The summed E-state index contributed by atoms with van der Waals surface area (Å²) in [5, 5.41) is 15.8. The first-order valence-corrected chi connectivity index (χ1v) is 30.1. The van der Waals surface area contributed by atoms with Gasteiger partial charge in [0, 0.05) is 73.2 Å². The van der Waals surface area contributed by atoms with Crippen LogP contribution in [0.25, 0.3) is 82.5 Å². The first-order chi connectivity index (χ1) is 42.3. The van der Waals surface area contributed by atoms with E-state index in [1.165, 1.54) is 24.3 Å². The van der Waals surface area contributed by atoms with Gasteiger partial charge >= 0.3 is 0 Å². The molecule has 400 valence electrons. The maximum absolute atomic E-state index is 14.3. The van der Waals surface area contributed by atoms with Crippen LogP contribution in [0.3, 0.4) is 0 Å². The van der Waals surface area contributed by atoms with Gasteiger partial charge in [-0.1, -0.05) is 109 Å². The van der Waals surface area contributed by atoms with Crippen LogP contribution in [-0.4, -0.2) is 35.5 Å². The molecule has 0 saturated carbocycles. The normalized spacial score (nSPS) is 13.3. The Balaban J connectivity index is 0.867. The lowest BCUT2D eigenvalue weighted by atomic mass is 9.35. The van der Waals surface area contributed by atoms with Gasteiger partial charge in [-0.25, -0.2) is 8.42 Å². The third kappa shape index (κ3) is 6.47. The molecule has 0 radical (unpaired) electrons. The van der Waals surface area contributed by atoms with E-state index in [2.05, 4.69) is 165 Å². The molecular weight excluding hydrogens is 1080 g/mol. The van der Waals surface area contributed by atoms with Crippen molar-refractivity contribution in [2.45, 2.75) is 9.79 Å². The first-order valence-electron chi connectivity index (χ1n) is 28.6. The number of nitriles is 1. The molecule has 0 spiro atoms. The number of hydrogen-bond acceptors (Lipinski definition) is 7. The second kappa shape index (κ2) is 17.2. The number of sulfone groups is 1. The van der Waals surface area contributed by atoms with Crippen molar-refractivity contribution in [2.24, 2.45) is 0 Å². The number of benzene rings is 12. The summed E-state index contributed by atoms with van der Waals surface area (Å²) in [6.45, 7) is -0.145. The predicted octanol–water partition coefficient (Wildman–Crippen LogP) is 13.1. The summed E-state index contributed by atoms with van der Waals surface area (Å²) in [7, 11) is -3.95. The number of fused-ring (bicyclic) bond motifs is 17. The zero-order chi connectivity index (χ0) is 56.7. The molecule has 0 atom stereocenters. The van der Waals surface area contributed by atoms with Crippen LogP contribution in [0.1, 0.15) is 5.56 Å². The molecule has 3 aromatic heterocycles. The fourth-order valence-corrected chi connectivity index (χ4v) is 15.7. The van der Waals surface area contributed by atoms with Crippen molar-refractivity contribution in [1.82, 2.24) is 13.7 Å². The minimum Gasteiger partial charge on any atom is -0.458 e. The van der Waals surface area contributed by atoms with Gasteiger partial charge in [-0.05, 0) is 131 Å². The van der Waals surface area contributed by atoms with Crippen molar-refractivity contribution >= 4 is 121 Å². The van der Waals surface area contributed by atoms with Crippen molar-refractivity contribution in [3.63, 3.8) is 0 Å². The van der Waals surface area contributed by atoms with Gasteiger partial charge in [-0.15, -0.1) is 0 Å². The molecule has 0 fully saturated rings. The van der Waals surface area contributed by atoms with E-state index in [0.29, 0.717) is 5.56 Å². The lowest BCUT2D eigenvalue weighted by molar-refractivity contribution is 0.463. The van der Waals surface area contributed by atoms with E-state index in [0.717, 1.165) is 161 Å². The van der Waals surface area contributed by atoms with Gasteiger partial charge in [0.2, 0.25) is 9.84 Å². The van der Waals surface area contributed by atoms with Gasteiger partial charge in [-0.2, -0.15) is 5.26 Å². The van der Waals surface area contributed by atoms with E-state index in [9.17, 15) is 13.7 Å². The molecule has 0 N–H and O–H groups in total. The highest BCUT2D eigenvalue weighted by atomic mass is 32.2. The maximum Gasteiger partial charge on any atom is 0.260 e. The van der Waals surface area contributed by atoms with Crippen LogP contribution in [0.2, 0.25) is 0 Å². The van der Waals surface area contributed by atoms with Crippen LogP contribution in [0, 0.1) is 11.3 Å². The van der Waals surface area contributed by atoms with E-state index in [1.54, 1.807) is 12.1 Å². The summed E-state index contributed by atoms with van der Waals surface area (Å²) in [6.07, 6.45) is 0. The van der Waals surface area contributed by atoms with Gasteiger partial charge in [0.05, 0.1) is 65.9 Å². The molecule has 0 amide bonds. The fraction of sp³-hybridized carbons (Fsp3) is 0. The number of ether oxygens (including phenoxy) is 4. The Morgan fingerprint density at radius 2 is 0.640 bits per heavy atom. The van der Waals surface area contributed by atoms with Crippen molar-refractivity contribution in [3.8, 4) is 69.1 Å². The van der Waals surface area contributed by atoms with Gasteiger partial charge in [0.1, 0.15) is 46.0 Å². The number of rotatable bonds is 5. The standard InChI is InChI=1S/C73H40B2N4O6S/c76-41-42-25-29-46(30-26-42)86(80,81)47-31-27-43(28-32-47)77-62-39-60-50(48-13-1-7-19-58(48)78(60)44-33-68-72-69(34-44)83-65-22-10-4-16-55(65)74(72)54-15-3-9-21-64(54)82-68)37-52(62)53-38-51-49-14-2-8-20-59(49)79(61(51)40-63(53)77)45-35-70-73-71(36-45)85-67-24-12-6-18-57(67)75(73)56-17-5-11-23-66(56)84-70/h1-40H. The zero-order valence-corrected chi connectivity index (χ0v) is 46.2. The molecule has 0 saturated heterocycles. The molecule has 0 unspecified atom stereocenters. The summed E-state index contributed by atoms with van der Waals surface area (Å²) < 4.78 is 62.9. The SMILES string of the molecule is N#Cc1ccc(S(=O)(=O)c2ccc(-n3c4cc5c(cc4c4cc6c7ccccc7n(-c7cc8c9c(c7)Oc7ccccc7B9c7ccccc7O8)c6cc43)c3ccccc3n5-c3cc4c5c(c3)Oc3ccccc3B5c3ccccc3O4)cc2)cc1. The van der Waals surface area contributed by atoms with Crippen LogP contribution in [0.5, 0.6) is 46.0 Å². The molecule has 7 heterocycles. The van der Waals surface area contributed by atoms with Crippen LogP contribution >= 0.6 is 0 Å².